The molecule has 422 valence electrons. The van der Waals surface area contributed by atoms with Crippen molar-refractivity contribution in [1.29, 1.82) is 0 Å². The van der Waals surface area contributed by atoms with Crippen molar-refractivity contribution in [2.75, 3.05) is 13.2 Å². The van der Waals surface area contributed by atoms with E-state index in [1.54, 1.807) is 6.08 Å². The Morgan fingerprint density at radius 3 is 0.958 bits per heavy atom. The molecule has 3 N–H and O–H groups in total. The summed E-state index contributed by atoms with van der Waals surface area (Å²) < 4.78 is 5.50. The van der Waals surface area contributed by atoms with Crippen LogP contribution >= 0.6 is 0 Å². The standard InChI is InChI=1S/C65H127NO5/c1-3-5-7-9-11-13-15-17-19-31-35-39-43-47-51-55-59-65(70)71-60-56-52-48-44-40-36-32-28-26-24-22-20-21-23-25-27-30-34-38-42-46-50-54-58-64(69)66-62(61-67)63(68)57-53-49-45-41-37-33-29-18-16-14-12-10-8-6-4-2/h53,57,62-63,67-68H,3-52,54-56,58-61H2,1-2H3,(H,66,69)/b57-53+. The summed E-state index contributed by atoms with van der Waals surface area (Å²) in [5.41, 5.74) is 0. The lowest BCUT2D eigenvalue weighted by atomic mass is 10.0. The molecule has 0 aromatic rings. The van der Waals surface area contributed by atoms with E-state index in [9.17, 15) is 19.8 Å². The first-order chi connectivity index (χ1) is 35.0. The minimum absolute atomic E-state index is 0.0181. The Kier molecular flexibility index (Phi) is 59.9. The quantitative estimate of drug-likeness (QED) is 0.0320. The van der Waals surface area contributed by atoms with Gasteiger partial charge in [-0.1, -0.05) is 334 Å². The molecular formula is C65H127NO5. The molecule has 71 heavy (non-hydrogen) atoms. The van der Waals surface area contributed by atoms with Crippen molar-refractivity contribution in [3.8, 4) is 0 Å². The average molecular weight is 1000 g/mol. The summed E-state index contributed by atoms with van der Waals surface area (Å²) in [4.78, 5) is 24.6. The van der Waals surface area contributed by atoms with Crippen LogP contribution in [0.15, 0.2) is 12.2 Å². The Morgan fingerprint density at radius 2 is 0.648 bits per heavy atom. The molecule has 2 atom stereocenters. The second-order valence-corrected chi connectivity index (χ2v) is 22.5. The molecular weight excluding hydrogens is 875 g/mol. The van der Waals surface area contributed by atoms with E-state index in [1.807, 2.05) is 6.08 Å². The van der Waals surface area contributed by atoms with Crippen molar-refractivity contribution in [3.63, 3.8) is 0 Å². The normalized spacial score (nSPS) is 12.6. The van der Waals surface area contributed by atoms with Gasteiger partial charge in [0.15, 0.2) is 0 Å². The summed E-state index contributed by atoms with van der Waals surface area (Å²) in [5.74, 6) is -0.0468. The summed E-state index contributed by atoms with van der Waals surface area (Å²) in [6.45, 7) is 4.94. The zero-order valence-electron chi connectivity index (χ0n) is 48.2. The molecule has 0 aliphatic heterocycles. The van der Waals surface area contributed by atoms with Gasteiger partial charge in [-0.3, -0.25) is 9.59 Å². The van der Waals surface area contributed by atoms with Crippen molar-refractivity contribution in [2.45, 2.75) is 379 Å². The Hall–Kier alpha value is -1.40. The fourth-order valence-electron chi connectivity index (χ4n) is 10.3. The first kappa shape index (κ1) is 69.6. The van der Waals surface area contributed by atoms with E-state index in [1.165, 1.54) is 302 Å². The molecule has 0 rings (SSSR count). The van der Waals surface area contributed by atoms with Crippen LogP contribution < -0.4 is 5.32 Å². The Bertz CT molecular complexity index is 1060. The van der Waals surface area contributed by atoms with E-state index < -0.39 is 12.1 Å². The third-order valence-electron chi connectivity index (χ3n) is 15.3. The van der Waals surface area contributed by atoms with Crippen LogP contribution in [-0.2, 0) is 14.3 Å². The number of aliphatic hydroxyl groups is 2. The van der Waals surface area contributed by atoms with E-state index in [0.29, 0.717) is 19.4 Å². The molecule has 0 aromatic heterocycles. The van der Waals surface area contributed by atoms with Gasteiger partial charge < -0.3 is 20.3 Å². The molecule has 0 aromatic carbocycles. The first-order valence-electron chi connectivity index (χ1n) is 32.5. The van der Waals surface area contributed by atoms with Crippen molar-refractivity contribution >= 4 is 11.9 Å². The van der Waals surface area contributed by atoms with Crippen LogP contribution in [0.1, 0.15) is 367 Å². The number of hydrogen-bond donors (Lipinski definition) is 3. The molecule has 1 amide bonds. The summed E-state index contributed by atoms with van der Waals surface area (Å²) in [6.07, 6.45) is 74.0. The second kappa shape index (κ2) is 61.1. The predicted octanol–water partition coefficient (Wildman–Crippen LogP) is 20.4. The number of aliphatic hydroxyl groups excluding tert-OH is 2. The average Bonchev–Trinajstić information content (AvgIpc) is 3.37. The van der Waals surface area contributed by atoms with Gasteiger partial charge in [-0.25, -0.2) is 0 Å². The van der Waals surface area contributed by atoms with E-state index in [4.69, 9.17) is 4.74 Å². The lowest BCUT2D eigenvalue weighted by molar-refractivity contribution is -0.143. The monoisotopic (exact) mass is 1000 g/mol. The number of ether oxygens (including phenoxy) is 1. The van der Waals surface area contributed by atoms with E-state index in [-0.39, 0.29) is 18.5 Å². The highest BCUT2D eigenvalue weighted by Gasteiger charge is 2.18. The maximum Gasteiger partial charge on any atom is 0.305 e. The minimum Gasteiger partial charge on any atom is -0.466 e. The van der Waals surface area contributed by atoms with Gasteiger partial charge in [-0.15, -0.1) is 0 Å². The second-order valence-electron chi connectivity index (χ2n) is 22.5. The Morgan fingerprint density at radius 1 is 0.380 bits per heavy atom. The van der Waals surface area contributed by atoms with Crippen LogP contribution in [0.25, 0.3) is 0 Å². The third-order valence-corrected chi connectivity index (χ3v) is 15.3. The van der Waals surface area contributed by atoms with Crippen LogP contribution in [0.5, 0.6) is 0 Å². The number of allylic oxidation sites excluding steroid dienone is 1. The number of unbranched alkanes of at least 4 members (excludes halogenated alkanes) is 50. The smallest absolute Gasteiger partial charge is 0.305 e. The summed E-state index contributed by atoms with van der Waals surface area (Å²) in [6, 6.07) is -0.626. The molecule has 6 heteroatoms. The number of amides is 1. The lowest BCUT2D eigenvalue weighted by Gasteiger charge is -2.20. The highest BCUT2D eigenvalue weighted by molar-refractivity contribution is 5.76. The van der Waals surface area contributed by atoms with Gasteiger partial charge >= 0.3 is 5.97 Å². The van der Waals surface area contributed by atoms with Gasteiger partial charge in [0.1, 0.15) is 0 Å². The topological polar surface area (TPSA) is 95.9 Å². The van der Waals surface area contributed by atoms with Gasteiger partial charge in [0.05, 0.1) is 25.4 Å². The summed E-state index contributed by atoms with van der Waals surface area (Å²) in [5, 5.41) is 23.1. The first-order valence-corrected chi connectivity index (χ1v) is 32.5. The third kappa shape index (κ3) is 57.7. The highest BCUT2D eigenvalue weighted by atomic mass is 16.5. The van der Waals surface area contributed by atoms with Gasteiger partial charge in [0, 0.05) is 12.8 Å². The number of esters is 1. The zero-order valence-corrected chi connectivity index (χ0v) is 48.2. The van der Waals surface area contributed by atoms with Gasteiger partial charge in [-0.2, -0.15) is 0 Å². The fourth-order valence-corrected chi connectivity index (χ4v) is 10.3. The molecule has 6 nitrogen and oxygen atoms in total. The zero-order chi connectivity index (χ0) is 51.4. The molecule has 0 spiro atoms. The van der Waals surface area contributed by atoms with Gasteiger partial charge in [-0.05, 0) is 32.1 Å². The molecule has 0 aliphatic carbocycles. The van der Waals surface area contributed by atoms with Gasteiger partial charge in [0.2, 0.25) is 5.91 Å². The van der Waals surface area contributed by atoms with Crippen molar-refractivity contribution in [3.05, 3.63) is 12.2 Å². The van der Waals surface area contributed by atoms with Crippen LogP contribution in [-0.4, -0.2) is 47.4 Å². The number of rotatable bonds is 61. The molecule has 0 heterocycles. The molecule has 0 radical (unpaired) electrons. The molecule has 0 saturated heterocycles. The minimum atomic E-state index is -0.843. The van der Waals surface area contributed by atoms with E-state index in [0.717, 1.165) is 38.5 Å². The van der Waals surface area contributed by atoms with Crippen molar-refractivity contribution in [1.82, 2.24) is 5.32 Å². The molecule has 0 bridgehead atoms. The molecule has 2 unspecified atom stereocenters. The SMILES string of the molecule is CCCCCCCCCCCCCCC/C=C/C(O)C(CO)NC(=O)CCCCCCCCCCCCCCCCCCCCCCCCCOC(=O)CCCCCCCCCCCCCCCCCC. The summed E-state index contributed by atoms with van der Waals surface area (Å²) in [7, 11) is 0. The largest absolute Gasteiger partial charge is 0.466 e. The van der Waals surface area contributed by atoms with Crippen LogP contribution in [0.2, 0.25) is 0 Å². The number of carbonyl (C=O) groups is 2. The van der Waals surface area contributed by atoms with Crippen LogP contribution in [0.4, 0.5) is 0 Å². The fraction of sp³-hybridized carbons (Fsp3) is 0.938. The van der Waals surface area contributed by atoms with Crippen LogP contribution in [0, 0.1) is 0 Å². The van der Waals surface area contributed by atoms with E-state index in [2.05, 4.69) is 19.2 Å². The lowest BCUT2D eigenvalue weighted by Crippen LogP contribution is -2.45. The molecule has 0 saturated carbocycles. The number of carbonyl (C=O) groups excluding carboxylic acids is 2. The van der Waals surface area contributed by atoms with E-state index >= 15 is 0 Å². The number of nitrogens with one attached hydrogen (secondary N) is 1. The molecule has 0 fully saturated rings. The molecule has 0 aliphatic rings. The van der Waals surface area contributed by atoms with Crippen molar-refractivity contribution < 1.29 is 24.5 Å². The van der Waals surface area contributed by atoms with Crippen LogP contribution in [0.3, 0.4) is 0 Å². The summed E-state index contributed by atoms with van der Waals surface area (Å²) >= 11 is 0. The Labute approximate surface area is 444 Å². The van der Waals surface area contributed by atoms with Gasteiger partial charge in [0.25, 0.3) is 0 Å². The maximum absolute atomic E-state index is 12.5. The van der Waals surface area contributed by atoms with Crippen molar-refractivity contribution in [2.24, 2.45) is 0 Å². The highest BCUT2D eigenvalue weighted by Crippen LogP contribution is 2.18. The Balaban J connectivity index is 3.37. The number of hydrogen-bond acceptors (Lipinski definition) is 5. The maximum atomic E-state index is 12.5. The predicted molar refractivity (Wildman–Crippen MR) is 310 cm³/mol.